The highest BCUT2D eigenvalue weighted by atomic mass is 14.9. The average molecular weight is 292 g/mol. The first-order valence-electron chi connectivity index (χ1n) is 9.72. The van der Waals surface area contributed by atoms with Gasteiger partial charge in [0, 0.05) is 12.1 Å². The van der Waals surface area contributed by atoms with E-state index in [0.29, 0.717) is 6.04 Å². The second-order valence-electron chi connectivity index (χ2n) is 7.55. The third-order valence-electron chi connectivity index (χ3n) is 5.78. The molecule has 1 N–H and O–H groups in total. The van der Waals surface area contributed by atoms with E-state index in [1.165, 1.54) is 95.5 Å². The monoisotopic (exact) mass is 291 g/mol. The van der Waals surface area contributed by atoms with Crippen molar-refractivity contribution < 1.29 is 0 Å². The van der Waals surface area contributed by atoms with Crippen molar-refractivity contribution in [2.24, 2.45) is 5.92 Å². The fraction of sp³-hybridized carbons (Fsp3) is 0.900. The Morgan fingerprint density at radius 3 is 1.71 bits per heavy atom. The van der Waals surface area contributed by atoms with Crippen LogP contribution in [0.15, 0.2) is 12.2 Å². The van der Waals surface area contributed by atoms with Crippen LogP contribution in [-0.4, -0.2) is 12.1 Å². The summed E-state index contributed by atoms with van der Waals surface area (Å²) >= 11 is 0. The predicted octanol–water partition coefficient (Wildman–Crippen LogP) is 5.99. The van der Waals surface area contributed by atoms with E-state index in [-0.39, 0.29) is 0 Å². The van der Waals surface area contributed by atoms with E-state index in [2.05, 4.69) is 18.8 Å². The van der Waals surface area contributed by atoms with Gasteiger partial charge in [0.05, 0.1) is 0 Å². The van der Waals surface area contributed by atoms with Crippen molar-refractivity contribution in [3.05, 3.63) is 12.2 Å². The summed E-state index contributed by atoms with van der Waals surface area (Å²) in [4.78, 5) is 0. The molecule has 2 aliphatic rings. The van der Waals surface area contributed by atoms with Crippen LogP contribution in [0, 0.1) is 5.92 Å². The van der Waals surface area contributed by atoms with Crippen LogP contribution in [0.4, 0.5) is 0 Å². The van der Waals surface area contributed by atoms with E-state index in [1.54, 1.807) is 0 Å². The Bertz CT molecular complexity index is 280. The molecule has 2 aliphatic carbocycles. The van der Waals surface area contributed by atoms with E-state index in [0.717, 1.165) is 12.0 Å². The highest BCUT2D eigenvalue weighted by Crippen LogP contribution is 2.29. The second kappa shape index (κ2) is 9.66. The molecule has 1 heteroatoms. The summed E-state index contributed by atoms with van der Waals surface area (Å²) in [6, 6.07) is 1.25. The Kier molecular flexibility index (Phi) is 7.85. The van der Waals surface area contributed by atoms with Gasteiger partial charge in [-0.1, -0.05) is 76.4 Å². The topological polar surface area (TPSA) is 12.0 Å². The standard InChI is InChI=1S/C20H37N/c1-17(19-13-9-5-3-6-10-14-19)18(2)21-20-15-11-7-4-8-12-16-20/h18-21H,1,3-16H2,2H3. The molecule has 122 valence electrons. The van der Waals surface area contributed by atoms with Crippen LogP contribution in [0.3, 0.4) is 0 Å². The molecular weight excluding hydrogens is 254 g/mol. The lowest BCUT2D eigenvalue weighted by atomic mass is 9.83. The van der Waals surface area contributed by atoms with Crippen molar-refractivity contribution in [3.63, 3.8) is 0 Å². The van der Waals surface area contributed by atoms with Gasteiger partial charge in [0.1, 0.15) is 0 Å². The minimum Gasteiger partial charge on any atom is -0.308 e. The SMILES string of the molecule is C=C(C1CCCCCCC1)C(C)NC1CCCCCCC1. The first kappa shape index (κ1) is 17.1. The molecular formula is C20H37N. The summed E-state index contributed by atoms with van der Waals surface area (Å²) in [5, 5.41) is 3.92. The lowest BCUT2D eigenvalue weighted by Crippen LogP contribution is -2.39. The summed E-state index contributed by atoms with van der Waals surface area (Å²) in [6.45, 7) is 6.86. The molecule has 1 atom stereocenters. The first-order valence-corrected chi connectivity index (χ1v) is 9.72. The molecule has 2 rings (SSSR count). The van der Waals surface area contributed by atoms with Crippen molar-refractivity contribution in [1.82, 2.24) is 5.32 Å². The maximum atomic E-state index is 4.50. The number of rotatable bonds is 4. The van der Waals surface area contributed by atoms with E-state index >= 15 is 0 Å². The molecule has 0 saturated heterocycles. The van der Waals surface area contributed by atoms with Gasteiger partial charge in [0.2, 0.25) is 0 Å². The molecule has 0 aromatic carbocycles. The highest BCUT2D eigenvalue weighted by molar-refractivity contribution is 5.09. The number of hydrogen-bond donors (Lipinski definition) is 1. The van der Waals surface area contributed by atoms with Crippen LogP contribution in [-0.2, 0) is 0 Å². The van der Waals surface area contributed by atoms with Gasteiger partial charge in [0.15, 0.2) is 0 Å². The summed E-state index contributed by atoms with van der Waals surface area (Å²) < 4.78 is 0. The number of hydrogen-bond acceptors (Lipinski definition) is 1. The minimum atomic E-state index is 0.513. The average Bonchev–Trinajstić information content (AvgIpc) is 2.40. The lowest BCUT2D eigenvalue weighted by molar-refractivity contribution is 0.348. The molecule has 0 bridgehead atoms. The zero-order chi connectivity index (χ0) is 14.9. The van der Waals surface area contributed by atoms with Gasteiger partial charge in [0.25, 0.3) is 0 Å². The van der Waals surface area contributed by atoms with Crippen molar-refractivity contribution >= 4 is 0 Å². The molecule has 0 heterocycles. The Labute approximate surface area is 133 Å². The molecule has 2 fully saturated rings. The van der Waals surface area contributed by atoms with E-state index in [9.17, 15) is 0 Å². The Hall–Kier alpha value is -0.300. The Morgan fingerprint density at radius 1 is 0.762 bits per heavy atom. The van der Waals surface area contributed by atoms with E-state index in [1.807, 2.05) is 0 Å². The number of nitrogens with one attached hydrogen (secondary N) is 1. The van der Waals surface area contributed by atoms with Gasteiger partial charge in [-0.2, -0.15) is 0 Å². The Morgan fingerprint density at radius 2 is 1.19 bits per heavy atom. The quantitative estimate of drug-likeness (QED) is 0.627. The van der Waals surface area contributed by atoms with Crippen LogP contribution in [0.2, 0.25) is 0 Å². The molecule has 2 saturated carbocycles. The van der Waals surface area contributed by atoms with Crippen LogP contribution < -0.4 is 5.32 Å². The fourth-order valence-corrected chi connectivity index (χ4v) is 4.26. The minimum absolute atomic E-state index is 0.513. The van der Waals surface area contributed by atoms with Gasteiger partial charge in [-0.3, -0.25) is 0 Å². The van der Waals surface area contributed by atoms with Gasteiger partial charge >= 0.3 is 0 Å². The maximum absolute atomic E-state index is 4.50. The second-order valence-corrected chi connectivity index (χ2v) is 7.55. The third kappa shape index (κ3) is 6.14. The zero-order valence-electron chi connectivity index (χ0n) is 14.3. The summed E-state index contributed by atoms with van der Waals surface area (Å²) in [7, 11) is 0. The van der Waals surface area contributed by atoms with Crippen molar-refractivity contribution in [3.8, 4) is 0 Å². The molecule has 1 unspecified atom stereocenters. The fourth-order valence-electron chi connectivity index (χ4n) is 4.26. The smallest absolute Gasteiger partial charge is 0.0253 e. The summed E-state index contributed by atoms with van der Waals surface area (Å²) in [5.74, 6) is 0.779. The zero-order valence-corrected chi connectivity index (χ0v) is 14.3. The molecule has 0 aromatic rings. The predicted molar refractivity (Wildman–Crippen MR) is 93.7 cm³/mol. The van der Waals surface area contributed by atoms with E-state index < -0.39 is 0 Å². The van der Waals surface area contributed by atoms with Crippen molar-refractivity contribution in [2.75, 3.05) is 0 Å². The molecule has 1 nitrogen and oxygen atoms in total. The molecule has 0 aliphatic heterocycles. The van der Waals surface area contributed by atoms with Crippen molar-refractivity contribution in [2.45, 2.75) is 109 Å². The maximum Gasteiger partial charge on any atom is 0.0253 e. The third-order valence-corrected chi connectivity index (χ3v) is 5.78. The molecule has 0 radical (unpaired) electrons. The van der Waals surface area contributed by atoms with Crippen LogP contribution in [0.5, 0.6) is 0 Å². The normalized spacial score (nSPS) is 25.4. The summed E-state index contributed by atoms with van der Waals surface area (Å²) in [5.41, 5.74) is 1.50. The molecule has 0 amide bonds. The van der Waals surface area contributed by atoms with Gasteiger partial charge in [-0.15, -0.1) is 0 Å². The van der Waals surface area contributed by atoms with E-state index in [4.69, 9.17) is 0 Å². The van der Waals surface area contributed by atoms with Gasteiger partial charge in [-0.05, 0) is 38.5 Å². The largest absolute Gasteiger partial charge is 0.308 e. The first-order chi connectivity index (χ1) is 10.3. The Balaban J connectivity index is 1.79. The molecule has 0 aromatic heterocycles. The van der Waals surface area contributed by atoms with Gasteiger partial charge < -0.3 is 5.32 Å². The van der Waals surface area contributed by atoms with Gasteiger partial charge in [-0.25, -0.2) is 0 Å². The molecule has 21 heavy (non-hydrogen) atoms. The van der Waals surface area contributed by atoms with Crippen LogP contribution in [0.1, 0.15) is 96.8 Å². The van der Waals surface area contributed by atoms with Crippen LogP contribution >= 0.6 is 0 Å². The molecule has 0 spiro atoms. The lowest BCUT2D eigenvalue weighted by Gasteiger charge is -2.30. The van der Waals surface area contributed by atoms with Crippen LogP contribution in [0.25, 0.3) is 0 Å². The highest BCUT2D eigenvalue weighted by Gasteiger charge is 2.21. The summed E-state index contributed by atoms with van der Waals surface area (Å²) in [6.07, 6.45) is 19.9. The van der Waals surface area contributed by atoms with Crippen molar-refractivity contribution in [1.29, 1.82) is 0 Å².